The summed E-state index contributed by atoms with van der Waals surface area (Å²) in [6.45, 7) is 1.25. The van der Waals surface area contributed by atoms with Gasteiger partial charge in [-0.2, -0.15) is 0 Å². The second-order valence-corrected chi connectivity index (χ2v) is 3.77. The molecule has 0 heterocycles. The molecule has 1 atom stereocenters. The summed E-state index contributed by atoms with van der Waals surface area (Å²) in [6, 6.07) is 0. The molecule has 0 amide bonds. The van der Waals surface area contributed by atoms with Gasteiger partial charge in [-0.15, -0.1) is 0 Å². The molecule has 1 aliphatic rings. The Kier molecular flexibility index (Phi) is 3.92. The van der Waals surface area contributed by atoms with Crippen LogP contribution in [0.15, 0.2) is 0 Å². The number of ether oxygens (including phenoxy) is 1. The molecule has 14 heavy (non-hydrogen) atoms. The largest absolute Gasteiger partial charge is 0.478 e. The number of esters is 1. The van der Waals surface area contributed by atoms with Gasteiger partial charge in [-0.05, 0) is 12.8 Å². The maximum atomic E-state index is 10.9. The molecule has 0 aromatic heterocycles. The Balaban J connectivity index is 2.56. The van der Waals surface area contributed by atoms with E-state index in [-0.39, 0.29) is 5.92 Å². The van der Waals surface area contributed by atoms with Gasteiger partial charge in [0.2, 0.25) is 6.10 Å². The van der Waals surface area contributed by atoms with Crippen LogP contribution in [0.25, 0.3) is 0 Å². The first-order chi connectivity index (χ1) is 6.61. The van der Waals surface area contributed by atoms with Gasteiger partial charge in [0.25, 0.3) is 0 Å². The maximum absolute atomic E-state index is 10.9. The van der Waals surface area contributed by atoms with E-state index in [4.69, 9.17) is 9.84 Å². The van der Waals surface area contributed by atoms with Gasteiger partial charge in [-0.25, -0.2) is 4.79 Å². The first-order valence-corrected chi connectivity index (χ1v) is 5.01. The van der Waals surface area contributed by atoms with Gasteiger partial charge in [0, 0.05) is 12.8 Å². The predicted molar refractivity (Wildman–Crippen MR) is 49.8 cm³/mol. The van der Waals surface area contributed by atoms with Crippen LogP contribution in [0.4, 0.5) is 0 Å². The predicted octanol–water partition coefficient (Wildman–Crippen LogP) is 1.58. The third kappa shape index (κ3) is 3.01. The van der Waals surface area contributed by atoms with Gasteiger partial charge in [-0.3, -0.25) is 4.79 Å². The second-order valence-electron chi connectivity index (χ2n) is 3.77. The molecule has 1 N–H and O–H groups in total. The van der Waals surface area contributed by atoms with Gasteiger partial charge in [-0.1, -0.05) is 19.3 Å². The molecule has 0 bridgehead atoms. The van der Waals surface area contributed by atoms with Crippen LogP contribution < -0.4 is 0 Å². The van der Waals surface area contributed by atoms with Crippen LogP contribution in [0, 0.1) is 5.92 Å². The van der Waals surface area contributed by atoms with Gasteiger partial charge < -0.3 is 9.84 Å². The van der Waals surface area contributed by atoms with E-state index >= 15 is 0 Å². The molecule has 1 rings (SSSR count). The van der Waals surface area contributed by atoms with Crippen molar-refractivity contribution < 1.29 is 19.4 Å². The summed E-state index contributed by atoms with van der Waals surface area (Å²) < 4.78 is 4.81. The number of hydrogen-bond donors (Lipinski definition) is 1. The van der Waals surface area contributed by atoms with E-state index in [0.29, 0.717) is 0 Å². The number of carbonyl (C=O) groups is 2. The van der Waals surface area contributed by atoms with E-state index in [9.17, 15) is 9.59 Å². The summed E-state index contributed by atoms with van der Waals surface area (Å²) in [4.78, 5) is 21.6. The van der Waals surface area contributed by atoms with Crippen LogP contribution in [0.3, 0.4) is 0 Å². The Morgan fingerprint density at radius 1 is 1.29 bits per heavy atom. The highest BCUT2D eigenvalue weighted by molar-refractivity contribution is 5.77. The lowest BCUT2D eigenvalue weighted by atomic mass is 9.85. The molecule has 1 saturated carbocycles. The van der Waals surface area contributed by atoms with E-state index in [1.165, 1.54) is 6.92 Å². The molecule has 0 radical (unpaired) electrons. The third-order valence-electron chi connectivity index (χ3n) is 2.61. The number of rotatable bonds is 3. The molecule has 4 heteroatoms. The summed E-state index contributed by atoms with van der Waals surface area (Å²) in [7, 11) is 0. The fourth-order valence-electron chi connectivity index (χ4n) is 1.96. The normalized spacial score (nSPS) is 20.1. The smallest absolute Gasteiger partial charge is 0.345 e. The highest BCUT2D eigenvalue weighted by atomic mass is 16.6. The third-order valence-corrected chi connectivity index (χ3v) is 2.61. The lowest BCUT2D eigenvalue weighted by Crippen LogP contribution is -2.35. The van der Waals surface area contributed by atoms with Crippen LogP contribution in [0.1, 0.15) is 39.0 Å². The van der Waals surface area contributed by atoms with E-state index in [1.54, 1.807) is 0 Å². The molecule has 0 spiro atoms. The highest BCUT2D eigenvalue weighted by Crippen LogP contribution is 2.28. The summed E-state index contributed by atoms with van der Waals surface area (Å²) in [5.41, 5.74) is 0. The Bertz CT molecular complexity index is 218. The van der Waals surface area contributed by atoms with Crippen molar-refractivity contribution in [2.75, 3.05) is 0 Å². The van der Waals surface area contributed by atoms with Crippen LogP contribution in [0.5, 0.6) is 0 Å². The van der Waals surface area contributed by atoms with Crippen molar-refractivity contribution in [3.05, 3.63) is 0 Å². The minimum absolute atomic E-state index is 0.00477. The van der Waals surface area contributed by atoms with E-state index in [2.05, 4.69) is 0 Å². The Morgan fingerprint density at radius 3 is 2.29 bits per heavy atom. The summed E-state index contributed by atoms with van der Waals surface area (Å²) >= 11 is 0. The fourth-order valence-corrected chi connectivity index (χ4v) is 1.96. The standard InChI is InChI=1S/C10H16O4/c1-7(11)14-9(10(12)13)8-5-3-2-4-6-8/h8-9H,2-6H2,1H3,(H,12,13)/t9-/m1/s1. The van der Waals surface area contributed by atoms with Crippen molar-refractivity contribution >= 4 is 11.9 Å². The second kappa shape index (κ2) is 4.98. The van der Waals surface area contributed by atoms with E-state index in [1.807, 2.05) is 0 Å². The zero-order chi connectivity index (χ0) is 10.6. The number of carbonyl (C=O) groups excluding carboxylic acids is 1. The molecule has 1 fully saturated rings. The first-order valence-electron chi connectivity index (χ1n) is 5.01. The minimum atomic E-state index is -1.02. The van der Waals surface area contributed by atoms with Crippen molar-refractivity contribution in [1.82, 2.24) is 0 Å². The lowest BCUT2D eigenvalue weighted by Gasteiger charge is -2.26. The topological polar surface area (TPSA) is 63.6 Å². The van der Waals surface area contributed by atoms with Crippen LogP contribution in [-0.2, 0) is 14.3 Å². The van der Waals surface area contributed by atoms with Gasteiger partial charge in [0.15, 0.2) is 0 Å². The molecule has 80 valence electrons. The van der Waals surface area contributed by atoms with Crippen molar-refractivity contribution in [3.8, 4) is 0 Å². The van der Waals surface area contributed by atoms with Crippen LogP contribution in [0.2, 0.25) is 0 Å². The monoisotopic (exact) mass is 200 g/mol. The average Bonchev–Trinajstić information content (AvgIpc) is 2.15. The molecular weight excluding hydrogens is 184 g/mol. The van der Waals surface area contributed by atoms with Crippen molar-refractivity contribution in [1.29, 1.82) is 0 Å². The zero-order valence-electron chi connectivity index (χ0n) is 8.36. The molecule has 4 nitrogen and oxygen atoms in total. The van der Waals surface area contributed by atoms with E-state index in [0.717, 1.165) is 32.1 Å². The Labute approximate surface area is 83.2 Å². The molecule has 1 aliphatic carbocycles. The Hall–Kier alpha value is -1.06. The number of carboxylic acids is 1. The minimum Gasteiger partial charge on any atom is -0.478 e. The summed E-state index contributed by atoms with van der Waals surface area (Å²) in [5.74, 6) is -1.53. The molecule has 0 saturated heterocycles. The van der Waals surface area contributed by atoms with Crippen molar-refractivity contribution in [2.45, 2.75) is 45.1 Å². The highest BCUT2D eigenvalue weighted by Gasteiger charge is 2.31. The zero-order valence-corrected chi connectivity index (χ0v) is 8.36. The molecular formula is C10H16O4. The van der Waals surface area contributed by atoms with Gasteiger partial charge >= 0.3 is 11.9 Å². The summed E-state index contributed by atoms with van der Waals surface area (Å²) in [5, 5.41) is 8.90. The lowest BCUT2D eigenvalue weighted by molar-refractivity contribution is -0.167. The molecule has 0 aromatic rings. The number of carboxylic acid groups (broad SMARTS) is 1. The molecule has 0 aliphatic heterocycles. The van der Waals surface area contributed by atoms with E-state index < -0.39 is 18.0 Å². The van der Waals surface area contributed by atoms with Crippen molar-refractivity contribution in [3.63, 3.8) is 0 Å². The fraction of sp³-hybridized carbons (Fsp3) is 0.800. The summed E-state index contributed by atoms with van der Waals surface area (Å²) in [6.07, 6.45) is 4.00. The number of aliphatic carboxylic acids is 1. The number of hydrogen-bond acceptors (Lipinski definition) is 3. The first kappa shape index (κ1) is 11.0. The molecule has 0 aromatic carbocycles. The molecule has 0 unspecified atom stereocenters. The van der Waals surface area contributed by atoms with Crippen LogP contribution in [-0.4, -0.2) is 23.1 Å². The Morgan fingerprint density at radius 2 is 1.86 bits per heavy atom. The van der Waals surface area contributed by atoms with Crippen LogP contribution >= 0.6 is 0 Å². The SMILES string of the molecule is CC(=O)O[C@@H](C(=O)O)C1CCCCC1. The van der Waals surface area contributed by atoms with Crippen molar-refractivity contribution in [2.24, 2.45) is 5.92 Å². The average molecular weight is 200 g/mol. The maximum Gasteiger partial charge on any atom is 0.345 e. The van der Waals surface area contributed by atoms with Gasteiger partial charge in [0.05, 0.1) is 0 Å². The van der Waals surface area contributed by atoms with Gasteiger partial charge in [0.1, 0.15) is 0 Å². The quantitative estimate of drug-likeness (QED) is 0.702.